The minimum absolute atomic E-state index is 0.234. The van der Waals surface area contributed by atoms with Crippen molar-refractivity contribution in [1.82, 2.24) is 4.90 Å². The first kappa shape index (κ1) is 18.0. The number of carbonyl (C=O) groups is 2. The Kier molecular flexibility index (Phi) is 5.58. The molecule has 0 spiro atoms. The van der Waals surface area contributed by atoms with E-state index in [2.05, 4.69) is 4.99 Å². The molecule has 0 aromatic heterocycles. The summed E-state index contributed by atoms with van der Waals surface area (Å²) in [7, 11) is 1.95. The molecule has 3 rings (SSSR count). The zero-order valence-electron chi connectivity index (χ0n) is 15.0. The molecule has 2 aromatic rings. The second-order valence-corrected chi connectivity index (χ2v) is 6.33. The van der Waals surface area contributed by atoms with E-state index in [0.717, 1.165) is 5.56 Å². The number of para-hydroxylation sites is 1. The van der Waals surface area contributed by atoms with Crippen molar-refractivity contribution in [3.8, 4) is 0 Å². The molecule has 0 radical (unpaired) electrons. The van der Waals surface area contributed by atoms with Crippen LogP contribution < -0.4 is 0 Å². The number of nitrogens with zero attached hydrogens (tertiary/aromatic N) is 2. The van der Waals surface area contributed by atoms with E-state index in [1.165, 1.54) is 0 Å². The van der Waals surface area contributed by atoms with Crippen LogP contribution in [0, 0.1) is 5.92 Å². The van der Waals surface area contributed by atoms with Crippen molar-refractivity contribution in [1.29, 1.82) is 0 Å². The van der Waals surface area contributed by atoms with Crippen LogP contribution in [-0.4, -0.2) is 42.6 Å². The molecule has 134 valence electrons. The zero-order chi connectivity index (χ0) is 18.5. The summed E-state index contributed by atoms with van der Waals surface area (Å²) in [4.78, 5) is 32.0. The first-order chi connectivity index (χ1) is 12.6. The maximum Gasteiger partial charge on any atom is 0.322 e. The van der Waals surface area contributed by atoms with Crippen molar-refractivity contribution in [2.24, 2.45) is 10.9 Å². The molecule has 0 aliphatic carbocycles. The first-order valence-electron chi connectivity index (χ1n) is 8.70. The summed E-state index contributed by atoms with van der Waals surface area (Å²) >= 11 is 0. The summed E-state index contributed by atoms with van der Waals surface area (Å²) in [5.74, 6) is -1.74. The van der Waals surface area contributed by atoms with Gasteiger partial charge >= 0.3 is 5.97 Å². The average molecular weight is 350 g/mol. The molecule has 0 saturated carbocycles. The number of aliphatic imine (C=N–C) groups is 1. The molecule has 0 saturated heterocycles. The Hall–Kier alpha value is -2.79. The summed E-state index contributed by atoms with van der Waals surface area (Å²) < 4.78 is 5.14. The number of fused-ring (bicyclic) bond motifs is 1. The Balaban J connectivity index is 1.87. The van der Waals surface area contributed by atoms with Crippen LogP contribution in [0.4, 0.5) is 5.69 Å². The van der Waals surface area contributed by atoms with Gasteiger partial charge in [0.1, 0.15) is 0 Å². The molecule has 5 nitrogen and oxygen atoms in total. The van der Waals surface area contributed by atoms with Crippen molar-refractivity contribution >= 4 is 23.2 Å². The number of ether oxygens (including phenoxy) is 1. The third-order valence-corrected chi connectivity index (χ3v) is 4.28. The number of hydrogen-bond donors (Lipinski definition) is 0. The molecule has 5 heteroatoms. The average Bonchev–Trinajstić information content (AvgIpc) is 2.63. The molecule has 0 N–H and O–H groups in total. The van der Waals surface area contributed by atoms with Gasteiger partial charge in [-0.15, -0.1) is 0 Å². The van der Waals surface area contributed by atoms with Gasteiger partial charge in [0, 0.05) is 18.7 Å². The Bertz CT molecular complexity index is 830. The number of Topliss-reactive ketones (excluding diaryl/α,β-unsaturated/α-hetero) is 1. The van der Waals surface area contributed by atoms with E-state index in [1.807, 2.05) is 48.3 Å². The maximum absolute atomic E-state index is 12.9. The summed E-state index contributed by atoms with van der Waals surface area (Å²) in [6.07, 6.45) is 0. The minimum Gasteiger partial charge on any atom is -0.465 e. The van der Waals surface area contributed by atoms with Crippen LogP contribution in [0.3, 0.4) is 0 Å². The van der Waals surface area contributed by atoms with Crippen LogP contribution in [0.25, 0.3) is 0 Å². The van der Waals surface area contributed by atoms with E-state index in [0.29, 0.717) is 30.1 Å². The Morgan fingerprint density at radius 1 is 1.08 bits per heavy atom. The van der Waals surface area contributed by atoms with E-state index in [1.54, 1.807) is 25.1 Å². The summed E-state index contributed by atoms with van der Waals surface area (Å²) in [5, 5.41) is 0. The van der Waals surface area contributed by atoms with Gasteiger partial charge in [-0.1, -0.05) is 42.5 Å². The molecule has 0 amide bonds. The van der Waals surface area contributed by atoms with Gasteiger partial charge in [0.15, 0.2) is 11.7 Å². The highest BCUT2D eigenvalue weighted by Crippen LogP contribution is 2.29. The number of benzene rings is 2. The second kappa shape index (κ2) is 8.06. The van der Waals surface area contributed by atoms with Gasteiger partial charge in [-0.25, -0.2) is 0 Å². The van der Waals surface area contributed by atoms with Crippen LogP contribution in [0.5, 0.6) is 0 Å². The highest BCUT2D eigenvalue weighted by molar-refractivity contribution is 6.28. The van der Waals surface area contributed by atoms with Crippen LogP contribution >= 0.6 is 0 Å². The van der Waals surface area contributed by atoms with Crippen LogP contribution in [-0.2, 0) is 16.1 Å². The van der Waals surface area contributed by atoms with Gasteiger partial charge < -0.3 is 4.74 Å². The second-order valence-electron chi connectivity index (χ2n) is 6.33. The fourth-order valence-electron chi connectivity index (χ4n) is 3.13. The predicted molar refractivity (Wildman–Crippen MR) is 101 cm³/mol. The maximum atomic E-state index is 12.9. The number of esters is 1. The molecule has 1 atom stereocenters. The SMILES string of the molecule is CCOC(=O)C1C(=O)c2ccccc2N=C1CN(C)Cc1ccccc1. The number of rotatable bonds is 6. The van der Waals surface area contributed by atoms with Crippen LogP contribution in [0.2, 0.25) is 0 Å². The third kappa shape index (κ3) is 3.89. The van der Waals surface area contributed by atoms with Crippen molar-refractivity contribution in [3.63, 3.8) is 0 Å². The molecule has 1 unspecified atom stereocenters. The fourth-order valence-corrected chi connectivity index (χ4v) is 3.13. The monoisotopic (exact) mass is 350 g/mol. The van der Waals surface area contributed by atoms with E-state index in [-0.39, 0.29) is 12.4 Å². The molecule has 2 aromatic carbocycles. The largest absolute Gasteiger partial charge is 0.465 e. The summed E-state index contributed by atoms with van der Waals surface area (Å²) in [5.41, 5.74) is 2.78. The van der Waals surface area contributed by atoms with Gasteiger partial charge in [-0.05, 0) is 31.7 Å². The molecule has 0 fully saturated rings. The molecule has 1 aliphatic rings. The highest BCUT2D eigenvalue weighted by Gasteiger charge is 2.38. The van der Waals surface area contributed by atoms with E-state index in [4.69, 9.17) is 4.74 Å². The van der Waals surface area contributed by atoms with Crippen molar-refractivity contribution in [3.05, 3.63) is 65.7 Å². The molecule has 1 aliphatic heterocycles. The van der Waals surface area contributed by atoms with Crippen LogP contribution in [0.15, 0.2) is 59.6 Å². The Morgan fingerprint density at radius 3 is 2.50 bits per heavy atom. The Morgan fingerprint density at radius 2 is 1.77 bits per heavy atom. The molecular formula is C21H22N2O3. The fraction of sp³-hybridized carbons (Fsp3) is 0.286. The van der Waals surface area contributed by atoms with Gasteiger partial charge in [0.2, 0.25) is 0 Å². The molecule has 1 heterocycles. The van der Waals surface area contributed by atoms with E-state index >= 15 is 0 Å². The lowest BCUT2D eigenvalue weighted by atomic mass is 9.89. The van der Waals surface area contributed by atoms with E-state index < -0.39 is 11.9 Å². The van der Waals surface area contributed by atoms with Crippen LogP contribution in [0.1, 0.15) is 22.8 Å². The van der Waals surface area contributed by atoms with Crippen molar-refractivity contribution < 1.29 is 14.3 Å². The minimum atomic E-state index is -0.969. The quantitative estimate of drug-likeness (QED) is 0.593. The van der Waals surface area contributed by atoms with Gasteiger partial charge in [0.25, 0.3) is 0 Å². The van der Waals surface area contributed by atoms with E-state index in [9.17, 15) is 9.59 Å². The molecule has 26 heavy (non-hydrogen) atoms. The zero-order valence-corrected chi connectivity index (χ0v) is 15.0. The normalized spacial score (nSPS) is 16.2. The van der Waals surface area contributed by atoms with Gasteiger partial charge in [-0.2, -0.15) is 0 Å². The Labute approximate surface area is 153 Å². The smallest absolute Gasteiger partial charge is 0.322 e. The molecule has 0 bridgehead atoms. The molecular weight excluding hydrogens is 328 g/mol. The standard InChI is InChI=1S/C21H22N2O3/c1-3-26-21(25)19-18(14-23(2)13-15-9-5-4-6-10-15)22-17-12-8-7-11-16(17)20(19)24/h4-12,19H,3,13-14H2,1-2H3. The predicted octanol–water partition coefficient (Wildman–Crippen LogP) is 3.27. The summed E-state index contributed by atoms with van der Waals surface area (Å²) in [6, 6.07) is 17.2. The lowest BCUT2D eigenvalue weighted by Crippen LogP contribution is -2.41. The van der Waals surface area contributed by atoms with Gasteiger partial charge in [0.05, 0.1) is 18.0 Å². The lowest BCUT2D eigenvalue weighted by molar-refractivity contribution is -0.144. The highest BCUT2D eigenvalue weighted by atomic mass is 16.5. The van der Waals surface area contributed by atoms with Crippen molar-refractivity contribution in [2.45, 2.75) is 13.5 Å². The summed E-state index contributed by atoms with van der Waals surface area (Å²) in [6.45, 7) is 3.08. The van der Waals surface area contributed by atoms with Gasteiger partial charge in [-0.3, -0.25) is 19.5 Å². The number of carbonyl (C=O) groups excluding carboxylic acids is 2. The number of ketones is 1. The topological polar surface area (TPSA) is 59.0 Å². The third-order valence-electron chi connectivity index (χ3n) is 4.28. The first-order valence-corrected chi connectivity index (χ1v) is 8.70. The van der Waals surface area contributed by atoms with Crippen molar-refractivity contribution in [2.75, 3.05) is 20.2 Å². The lowest BCUT2D eigenvalue weighted by Gasteiger charge is -2.26. The number of hydrogen-bond acceptors (Lipinski definition) is 5.